The number of thiazole rings is 4. The summed E-state index contributed by atoms with van der Waals surface area (Å²) in [6, 6.07) is 99.1. The van der Waals surface area contributed by atoms with Crippen molar-refractivity contribution >= 4 is 166 Å². The van der Waals surface area contributed by atoms with Gasteiger partial charge in [-0.2, -0.15) is 9.97 Å². The molecule has 512 valence electrons. The smallest absolute Gasteiger partial charge is 0.871 e. The van der Waals surface area contributed by atoms with Crippen molar-refractivity contribution in [1.82, 2.24) is 24.9 Å². The number of aromatic nitrogens is 7. The molecule has 0 aliphatic heterocycles. The van der Waals surface area contributed by atoms with Gasteiger partial charge in [-0.3, -0.25) is 15.0 Å². The fraction of sp³-hybridized carbons (Fsp3) is 0. The van der Waals surface area contributed by atoms with Crippen LogP contribution < -0.4 is 31.5 Å². The Morgan fingerprint density at radius 1 is 0.315 bits per heavy atom. The van der Waals surface area contributed by atoms with Crippen LogP contribution in [0.15, 0.2) is 328 Å². The van der Waals surface area contributed by atoms with Gasteiger partial charge in [0.15, 0.2) is 0 Å². The molecule has 7 heterocycles. The zero-order chi connectivity index (χ0) is 71.7. The summed E-state index contributed by atoms with van der Waals surface area (Å²) in [6.07, 6.45) is 5.24. The summed E-state index contributed by atoms with van der Waals surface area (Å²) in [7, 11) is 0. The number of benzene rings is 13. The molecule has 0 unspecified atom stereocenters. The van der Waals surface area contributed by atoms with Crippen molar-refractivity contribution in [2.45, 2.75) is 0 Å². The van der Waals surface area contributed by atoms with Gasteiger partial charge in [-0.05, 0) is 131 Å². The second-order valence-corrected chi connectivity index (χ2v) is 29.5. The van der Waals surface area contributed by atoms with Crippen molar-refractivity contribution in [3.05, 3.63) is 328 Å². The van der Waals surface area contributed by atoms with E-state index in [0.717, 1.165) is 137 Å². The van der Waals surface area contributed by atoms with E-state index in [4.69, 9.17) is 11.4 Å². The summed E-state index contributed by atoms with van der Waals surface area (Å²) in [5.41, 5.74) is 9.42. The van der Waals surface area contributed by atoms with E-state index in [1.165, 1.54) is 0 Å². The largest absolute Gasteiger partial charge is 2.00 e. The number of para-hydroxylation sites is 9. The maximum Gasteiger partial charge on any atom is 2.00 e. The average Bonchev–Trinajstić information content (AvgIpc) is 1.71. The molecule has 0 saturated heterocycles. The fourth-order valence-electron chi connectivity index (χ4n) is 12.1. The van der Waals surface area contributed by atoms with Crippen LogP contribution in [0.2, 0.25) is 0 Å². The van der Waals surface area contributed by atoms with Gasteiger partial charge in [-0.15, -0.1) is 22.7 Å². The minimum absolute atomic E-state index is 0. The molecule has 0 aliphatic rings. The monoisotopic (exact) mass is 1540 g/mol. The molecule has 0 saturated carbocycles. The third-order valence-corrected chi connectivity index (χ3v) is 22.9. The van der Waals surface area contributed by atoms with Crippen molar-refractivity contribution < 1.29 is 61.2 Å². The average molecular weight is 1540 g/mol. The summed E-state index contributed by atoms with van der Waals surface area (Å²) in [6.45, 7) is 0. The molecule has 21 heteroatoms. The number of pyridine rings is 3. The summed E-state index contributed by atoms with van der Waals surface area (Å²) in [5.74, 6) is 2.56. The standard InChI is InChI=1S/2C17H11NOS.2C13H9NOS.3C9H7NO.Al.Be.Zn/c2*19-16-12-6-2-1-5-11(12)9-10-13(16)17-18-14-7-3-4-8-15(14)20-17;2*15-11-7-3-1-5-9(11)13-14-10-6-2-4-8-12(10)16-13;3*11-8-5-1-3-7-4-2-6-10-9(7)8;;;/h2*1-10,19H;2*1-8,15H;3*1-6,11H;;;/q;;;;;;;+3;+2;/p-3. The van der Waals surface area contributed by atoms with E-state index in [1.54, 1.807) is 76.1 Å². The number of phenolic OH excluding ortho intramolecular Hbond substituents is 2. The van der Waals surface area contributed by atoms with Crippen LogP contribution in [0.25, 0.3) is 137 Å². The summed E-state index contributed by atoms with van der Waals surface area (Å²) < 4.78 is 23.8. The third kappa shape index (κ3) is 16.1. The van der Waals surface area contributed by atoms with E-state index < -0.39 is 15.1 Å². The van der Waals surface area contributed by atoms with Crippen LogP contribution in [0, 0.1) is 0 Å². The van der Waals surface area contributed by atoms with Crippen molar-refractivity contribution in [1.29, 1.82) is 0 Å². The maximum absolute atomic E-state index is 12.6. The number of H-pyrrole nitrogens is 2. The van der Waals surface area contributed by atoms with Gasteiger partial charge in [-0.25, -0.2) is 9.97 Å². The number of fused-ring (bicyclic) bond motifs is 9. The van der Waals surface area contributed by atoms with E-state index in [1.807, 2.05) is 285 Å². The Kier molecular flexibility index (Phi) is 22.8. The Hall–Kier alpha value is -11.9. The number of aromatic hydroxyl groups is 2. The van der Waals surface area contributed by atoms with Crippen LogP contribution in [0.3, 0.4) is 0 Å². The fourth-order valence-corrected chi connectivity index (χ4v) is 17.5. The summed E-state index contributed by atoms with van der Waals surface area (Å²) >= 11 is 3.57. The van der Waals surface area contributed by atoms with Gasteiger partial charge in [-0.1, -0.05) is 222 Å². The Labute approximate surface area is 656 Å². The van der Waals surface area contributed by atoms with Gasteiger partial charge < -0.3 is 31.8 Å². The SMILES string of the molecule is Oc1ccccc1-c1nc2ccccc2s1.Oc1ccccc1-c1nc2ccccc2s1.[Be+2].[O-]c1c(-c2[nH+]c3ccccc3s2)ccc2ccccc12.[O-]c1c(-c2[nH+]c3ccccc3s2)ccc2ccccc12.[Zn].c1cnc2c([O][Al]([O]c3cccc4cccnc34)[O]c3cccc4cccnc34)cccc2c1. The first kappa shape index (κ1) is 73.0. The molecule has 4 N–H and O–H groups in total. The first-order chi connectivity index (χ1) is 52.2. The van der Waals surface area contributed by atoms with Crippen LogP contribution >= 0.6 is 45.3 Å². The normalized spacial score (nSPS) is 10.8. The molecule has 0 radical (unpaired) electrons. The molecule has 14 nitrogen and oxygen atoms in total. The second-order valence-electron chi connectivity index (χ2n) is 24.1. The first-order valence-corrected chi connectivity index (χ1v) is 38.4. The van der Waals surface area contributed by atoms with Gasteiger partial charge in [0.25, 0.3) is 10.0 Å². The van der Waals surface area contributed by atoms with Gasteiger partial charge >= 0.3 is 25.3 Å². The van der Waals surface area contributed by atoms with Gasteiger partial charge in [0, 0.05) is 66.4 Å². The molecule has 0 bridgehead atoms. The van der Waals surface area contributed by atoms with Crippen molar-refractivity contribution in [3.8, 4) is 82.5 Å². The minimum atomic E-state index is -2.86. The van der Waals surface area contributed by atoms with E-state index in [-0.39, 0.29) is 52.6 Å². The zero-order valence-electron chi connectivity index (χ0n) is 57.5. The first-order valence-electron chi connectivity index (χ1n) is 33.7. The van der Waals surface area contributed by atoms with Crippen LogP contribution in [0.4, 0.5) is 0 Å². The molecule has 20 aromatic rings. The van der Waals surface area contributed by atoms with Gasteiger partial charge in [0.2, 0.25) is 11.0 Å². The number of hydrogen-bond acceptors (Lipinski definition) is 16. The summed E-state index contributed by atoms with van der Waals surface area (Å²) in [4.78, 5) is 29.2. The minimum Gasteiger partial charge on any atom is -0.871 e. The zero-order valence-corrected chi connectivity index (χ0v) is 64.9. The number of rotatable bonds is 10. The van der Waals surface area contributed by atoms with Crippen LogP contribution in [0.5, 0.6) is 40.2 Å². The molecule has 0 aliphatic carbocycles. The van der Waals surface area contributed by atoms with Crippen molar-refractivity contribution in [2.75, 3.05) is 0 Å². The quantitative estimate of drug-likeness (QED) is 0.123. The molecule has 0 amide bonds. The van der Waals surface area contributed by atoms with E-state index in [0.29, 0.717) is 17.2 Å². The molecule has 0 spiro atoms. The van der Waals surface area contributed by atoms with E-state index in [2.05, 4.69) is 47.0 Å². The Morgan fingerprint density at radius 3 is 1.04 bits per heavy atom. The van der Waals surface area contributed by atoms with Gasteiger partial charge in [0.05, 0.1) is 42.7 Å². The molecular formula is C87H58AlBeN7O7S4Zn+2. The summed E-state index contributed by atoms with van der Waals surface area (Å²) in [5, 5.41) is 54.7. The molecule has 108 heavy (non-hydrogen) atoms. The van der Waals surface area contributed by atoms with E-state index >= 15 is 0 Å². The van der Waals surface area contributed by atoms with Crippen molar-refractivity contribution in [2.24, 2.45) is 0 Å². The number of nitrogens with one attached hydrogen (secondary N) is 2. The molecule has 7 aromatic heterocycles. The predicted octanol–water partition coefficient (Wildman–Crippen LogP) is 20.0. The topological polar surface area (TPSA) is 207 Å². The molecule has 20 rings (SSSR count). The Balaban J connectivity index is 0.000000116. The molecule has 0 fully saturated rings. The third-order valence-electron chi connectivity index (χ3n) is 17.3. The van der Waals surface area contributed by atoms with E-state index in [9.17, 15) is 20.4 Å². The van der Waals surface area contributed by atoms with Crippen LogP contribution in [0.1, 0.15) is 0 Å². The predicted molar refractivity (Wildman–Crippen MR) is 434 cm³/mol. The van der Waals surface area contributed by atoms with Crippen LogP contribution in [-0.4, -0.2) is 60.4 Å². The molecular weight excluding hydrogens is 1480 g/mol. The Bertz CT molecular complexity index is 5950. The number of nitrogens with zero attached hydrogens (tertiary/aromatic N) is 5. The second kappa shape index (κ2) is 33.7. The maximum atomic E-state index is 12.6. The van der Waals surface area contributed by atoms with Gasteiger partial charge in [0.1, 0.15) is 64.7 Å². The van der Waals surface area contributed by atoms with Crippen molar-refractivity contribution in [3.63, 3.8) is 0 Å². The number of aromatic amines is 2. The molecule has 0 atom stereocenters. The number of hydrogen-bond donors (Lipinski definition) is 2. The molecule has 13 aromatic carbocycles. The Morgan fingerprint density at radius 2 is 0.648 bits per heavy atom. The number of phenols is 2. The van der Waals surface area contributed by atoms with Crippen LogP contribution in [-0.2, 0) is 19.5 Å².